The molecule has 3 unspecified atom stereocenters. The Morgan fingerprint density at radius 1 is 0.897 bits per heavy atom. The first-order chi connectivity index (χ1) is 14.0. The van der Waals surface area contributed by atoms with Crippen molar-refractivity contribution in [3.63, 3.8) is 0 Å². The van der Waals surface area contributed by atoms with E-state index in [1.54, 1.807) is 0 Å². The standard InChI is InChI=1S/C26H31O2P/c1-5-25(29-26-14-12-19(3)15-22(26)20(4)27)23-16-18(2)11-13-24(23)28-17-21-9-7-6-8-10-21/h6-16,20,25,27,29H,5,17H2,1-4H3. The summed E-state index contributed by atoms with van der Waals surface area (Å²) >= 11 is 0. The van der Waals surface area contributed by atoms with Gasteiger partial charge in [-0.1, -0.05) is 87.3 Å². The minimum atomic E-state index is -0.457. The number of aryl methyl sites for hydroxylation is 2. The van der Waals surface area contributed by atoms with E-state index in [0.717, 1.165) is 17.7 Å². The first-order valence-corrected chi connectivity index (χ1v) is 11.4. The molecule has 0 radical (unpaired) electrons. The molecule has 3 aromatic carbocycles. The fraction of sp³-hybridized carbons (Fsp3) is 0.308. The van der Waals surface area contributed by atoms with Crippen LogP contribution in [0.25, 0.3) is 0 Å². The van der Waals surface area contributed by atoms with Gasteiger partial charge >= 0.3 is 0 Å². The van der Waals surface area contributed by atoms with Crippen molar-refractivity contribution in [1.29, 1.82) is 0 Å². The molecule has 0 heterocycles. The minimum Gasteiger partial charge on any atom is -0.489 e. The predicted octanol–water partition coefficient (Wildman–Crippen LogP) is 6.39. The van der Waals surface area contributed by atoms with Crippen molar-refractivity contribution in [1.82, 2.24) is 0 Å². The number of hydrogen-bond acceptors (Lipinski definition) is 2. The van der Waals surface area contributed by atoms with Gasteiger partial charge in [0.2, 0.25) is 0 Å². The fourth-order valence-electron chi connectivity index (χ4n) is 3.55. The van der Waals surface area contributed by atoms with Crippen molar-refractivity contribution in [2.75, 3.05) is 0 Å². The Kier molecular flexibility index (Phi) is 7.47. The lowest BCUT2D eigenvalue weighted by molar-refractivity contribution is 0.200. The predicted molar refractivity (Wildman–Crippen MR) is 125 cm³/mol. The molecule has 0 saturated carbocycles. The zero-order valence-electron chi connectivity index (χ0n) is 17.8. The maximum atomic E-state index is 10.3. The highest BCUT2D eigenvalue weighted by molar-refractivity contribution is 7.47. The van der Waals surface area contributed by atoms with E-state index in [-0.39, 0.29) is 0 Å². The Morgan fingerprint density at radius 3 is 2.21 bits per heavy atom. The highest BCUT2D eigenvalue weighted by Gasteiger charge is 2.19. The minimum absolute atomic E-state index is 0.362. The van der Waals surface area contributed by atoms with E-state index in [4.69, 9.17) is 4.74 Å². The van der Waals surface area contributed by atoms with E-state index in [1.807, 2.05) is 25.1 Å². The van der Waals surface area contributed by atoms with Gasteiger partial charge in [0, 0.05) is 11.2 Å². The van der Waals surface area contributed by atoms with Gasteiger partial charge in [-0.15, -0.1) is 0 Å². The van der Waals surface area contributed by atoms with Crippen LogP contribution >= 0.6 is 8.58 Å². The summed E-state index contributed by atoms with van der Waals surface area (Å²) in [5.74, 6) is 0.963. The zero-order valence-corrected chi connectivity index (χ0v) is 18.8. The lowest BCUT2D eigenvalue weighted by Gasteiger charge is -2.22. The Morgan fingerprint density at radius 2 is 1.55 bits per heavy atom. The van der Waals surface area contributed by atoms with Crippen LogP contribution in [-0.2, 0) is 6.61 Å². The first kappa shape index (κ1) is 21.6. The van der Waals surface area contributed by atoms with Crippen molar-refractivity contribution in [2.24, 2.45) is 0 Å². The Bertz CT molecular complexity index is 935. The van der Waals surface area contributed by atoms with Gasteiger partial charge in [-0.2, -0.15) is 0 Å². The van der Waals surface area contributed by atoms with Crippen LogP contribution in [0.15, 0.2) is 66.7 Å². The highest BCUT2D eigenvalue weighted by Crippen LogP contribution is 2.43. The first-order valence-electron chi connectivity index (χ1n) is 10.3. The molecular weight excluding hydrogens is 375 g/mol. The second-order valence-electron chi connectivity index (χ2n) is 7.69. The third kappa shape index (κ3) is 5.69. The van der Waals surface area contributed by atoms with Crippen LogP contribution in [0.1, 0.15) is 59.8 Å². The van der Waals surface area contributed by atoms with Gasteiger partial charge in [-0.05, 0) is 49.7 Å². The molecule has 2 nitrogen and oxygen atoms in total. The van der Waals surface area contributed by atoms with Crippen molar-refractivity contribution >= 4 is 13.9 Å². The van der Waals surface area contributed by atoms with Crippen LogP contribution in [0.4, 0.5) is 0 Å². The van der Waals surface area contributed by atoms with E-state index in [1.165, 1.54) is 27.6 Å². The summed E-state index contributed by atoms with van der Waals surface area (Å²) in [6.45, 7) is 8.86. The average molecular weight is 407 g/mol. The Balaban J connectivity index is 1.88. The van der Waals surface area contributed by atoms with E-state index in [0.29, 0.717) is 20.8 Å². The lowest BCUT2D eigenvalue weighted by atomic mass is 10.1. The quantitative estimate of drug-likeness (QED) is 0.439. The van der Waals surface area contributed by atoms with Gasteiger partial charge in [-0.3, -0.25) is 0 Å². The smallest absolute Gasteiger partial charge is 0.123 e. The third-order valence-electron chi connectivity index (χ3n) is 5.17. The van der Waals surface area contributed by atoms with Gasteiger partial charge < -0.3 is 9.84 Å². The van der Waals surface area contributed by atoms with E-state index in [9.17, 15) is 5.11 Å². The molecule has 3 aromatic rings. The summed E-state index contributed by atoms with van der Waals surface area (Å²) in [5, 5.41) is 11.5. The monoisotopic (exact) mass is 406 g/mol. The number of ether oxygens (including phenoxy) is 1. The summed E-state index contributed by atoms with van der Waals surface area (Å²) in [4.78, 5) is 0. The lowest BCUT2D eigenvalue weighted by Crippen LogP contribution is -2.11. The van der Waals surface area contributed by atoms with Gasteiger partial charge in [0.15, 0.2) is 0 Å². The molecule has 1 N–H and O–H groups in total. The summed E-state index contributed by atoms with van der Waals surface area (Å²) in [6.07, 6.45) is 0.567. The average Bonchev–Trinajstić information content (AvgIpc) is 2.72. The summed E-state index contributed by atoms with van der Waals surface area (Å²) in [7, 11) is 0.585. The van der Waals surface area contributed by atoms with Crippen LogP contribution in [0.5, 0.6) is 5.75 Å². The topological polar surface area (TPSA) is 29.5 Å². The molecule has 3 heteroatoms. The number of aliphatic hydroxyl groups is 1. The SMILES string of the molecule is CCC(Pc1ccc(C)cc1C(C)O)c1cc(C)ccc1OCc1ccccc1. The van der Waals surface area contributed by atoms with Gasteiger partial charge in [0.1, 0.15) is 12.4 Å². The van der Waals surface area contributed by atoms with Crippen LogP contribution in [0.3, 0.4) is 0 Å². The van der Waals surface area contributed by atoms with Gasteiger partial charge in [0.05, 0.1) is 6.10 Å². The Hall–Kier alpha value is -2.15. The molecule has 0 aliphatic rings. The molecule has 0 bridgehead atoms. The molecule has 0 aromatic heterocycles. The number of aliphatic hydroxyl groups excluding tert-OH is 1. The maximum Gasteiger partial charge on any atom is 0.123 e. The number of rotatable bonds is 8. The molecule has 3 atom stereocenters. The molecule has 0 aliphatic heterocycles. The van der Waals surface area contributed by atoms with Crippen LogP contribution in [-0.4, -0.2) is 5.11 Å². The molecule has 0 fully saturated rings. The highest BCUT2D eigenvalue weighted by atomic mass is 31.1. The third-order valence-corrected chi connectivity index (χ3v) is 7.01. The molecule has 0 aliphatic carbocycles. The van der Waals surface area contributed by atoms with Crippen LogP contribution < -0.4 is 10.0 Å². The van der Waals surface area contributed by atoms with E-state index < -0.39 is 6.10 Å². The van der Waals surface area contributed by atoms with Crippen LogP contribution in [0, 0.1) is 13.8 Å². The van der Waals surface area contributed by atoms with E-state index >= 15 is 0 Å². The molecule has 0 spiro atoms. The molecule has 3 rings (SSSR count). The maximum absolute atomic E-state index is 10.3. The van der Waals surface area contributed by atoms with E-state index in [2.05, 4.69) is 69.3 Å². The van der Waals surface area contributed by atoms with Gasteiger partial charge in [-0.25, -0.2) is 0 Å². The summed E-state index contributed by atoms with van der Waals surface area (Å²) in [5.41, 5.74) is 6.27. The van der Waals surface area contributed by atoms with Crippen molar-refractivity contribution in [2.45, 2.75) is 52.5 Å². The molecular formula is C26H31O2P. The fourth-order valence-corrected chi connectivity index (χ4v) is 5.14. The number of benzene rings is 3. The normalized spacial score (nSPS) is 13.6. The second-order valence-corrected chi connectivity index (χ2v) is 9.21. The zero-order chi connectivity index (χ0) is 20.8. The van der Waals surface area contributed by atoms with Crippen molar-refractivity contribution < 1.29 is 9.84 Å². The van der Waals surface area contributed by atoms with Crippen molar-refractivity contribution in [3.05, 3.63) is 94.5 Å². The molecule has 0 amide bonds. The molecule has 152 valence electrons. The molecule has 29 heavy (non-hydrogen) atoms. The summed E-state index contributed by atoms with van der Waals surface area (Å²) < 4.78 is 6.25. The van der Waals surface area contributed by atoms with Gasteiger partial charge in [0.25, 0.3) is 0 Å². The second kappa shape index (κ2) is 10.1. The summed E-state index contributed by atoms with van der Waals surface area (Å²) in [6, 6.07) is 23.2. The molecule has 0 saturated heterocycles. The van der Waals surface area contributed by atoms with Crippen LogP contribution in [0.2, 0.25) is 0 Å². The number of hydrogen-bond donors (Lipinski definition) is 1. The Labute approximate surface area is 176 Å². The van der Waals surface area contributed by atoms with Crippen molar-refractivity contribution in [3.8, 4) is 5.75 Å². The largest absolute Gasteiger partial charge is 0.489 e.